The first-order valence-electron chi connectivity index (χ1n) is 7.96. The van der Waals surface area contributed by atoms with Crippen LogP contribution in [0.3, 0.4) is 0 Å². The van der Waals surface area contributed by atoms with Crippen LogP contribution in [0.2, 0.25) is 0 Å². The lowest BCUT2D eigenvalue weighted by Crippen LogP contribution is -2.42. The molecule has 22 heavy (non-hydrogen) atoms. The molecule has 0 aromatic carbocycles. The maximum absolute atomic E-state index is 12.0. The first kappa shape index (κ1) is 14.9. The van der Waals surface area contributed by atoms with E-state index >= 15 is 0 Å². The van der Waals surface area contributed by atoms with Crippen LogP contribution in [0.15, 0.2) is 12.3 Å². The number of urea groups is 1. The molecule has 1 saturated heterocycles. The number of fused-ring (bicyclic) bond motifs is 1. The maximum Gasteiger partial charge on any atom is 0.317 e. The monoisotopic (exact) mass is 305 g/mol. The number of carbonyl (C=O) groups excluding carboxylic acids is 2. The van der Waals surface area contributed by atoms with Crippen LogP contribution in [0, 0.1) is 0 Å². The summed E-state index contributed by atoms with van der Waals surface area (Å²) in [5.41, 5.74) is 1.05. The number of nitrogens with one attached hydrogen (secondary N) is 1. The lowest BCUT2D eigenvalue weighted by Gasteiger charge is -2.33. The molecule has 0 spiro atoms. The average Bonchev–Trinajstić information content (AvgIpc) is 3.18. The molecule has 3 heterocycles. The van der Waals surface area contributed by atoms with Gasteiger partial charge in [-0.15, -0.1) is 0 Å². The number of likely N-dealkylation sites (tertiary alicyclic amines) is 1. The number of hydrogen-bond acceptors (Lipinski definition) is 3. The summed E-state index contributed by atoms with van der Waals surface area (Å²) in [7, 11) is 0. The van der Waals surface area contributed by atoms with Crippen molar-refractivity contribution in [2.24, 2.45) is 0 Å². The highest BCUT2D eigenvalue weighted by atomic mass is 16.2. The van der Waals surface area contributed by atoms with Crippen molar-refractivity contribution in [2.45, 2.75) is 38.8 Å². The van der Waals surface area contributed by atoms with Gasteiger partial charge in [0.05, 0.1) is 18.3 Å². The fourth-order valence-corrected chi connectivity index (χ4v) is 3.22. The molecule has 1 atom stereocenters. The van der Waals surface area contributed by atoms with E-state index < -0.39 is 0 Å². The van der Waals surface area contributed by atoms with E-state index in [0.717, 1.165) is 38.0 Å². The average molecular weight is 305 g/mol. The zero-order chi connectivity index (χ0) is 15.5. The molecule has 0 unspecified atom stereocenters. The number of carbonyl (C=O) groups is 2. The van der Waals surface area contributed by atoms with Gasteiger partial charge < -0.3 is 15.1 Å². The molecule has 1 aromatic rings. The summed E-state index contributed by atoms with van der Waals surface area (Å²) < 4.78 is 1.99. The predicted molar refractivity (Wildman–Crippen MR) is 81.2 cm³/mol. The summed E-state index contributed by atoms with van der Waals surface area (Å²) in [5, 5.41) is 7.34. The van der Waals surface area contributed by atoms with Crippen molar-refractivity contribution in [3.8, 4) is 0 Å². The molecule has 7 nitrogen and oxygen atoms in total. The van der Waals surface area contributed by atoms with Gasteiger partial charge in [-0.2, -0.15) is 5.10 Å². The second kappa shape index (κ2) is 6.37. The Balaban J connectivity index is 1.55. The van der Waals surface area contributed by atoms with Gasteiger partial charge in [-0.3, -0.25) is 9.48 Å². The highest BCUT2D eigenvalue weighted by Crippen LogP contribution is 2.22. The van der Waals surface area contributed by atoms with Crippen LogP contribution in [-0.2, 0) is 11.3 Å². The second-order valence-electron chi connectivity index (χ2n) is 6.04. The lowest BCUT2D eigenvalue weighted by molar-refractivity contribution is -0.130. The second-order valence-corrected chi connectivity index (χ2v) is 6.04. The van der Waals surface area contributed by atoms with E-state index in [2.05, 4.69) is 10.4 Å². The van der Waals surface area contributed by atoms with Crippen molar-refractivity contribution in [3.05, 3.63) is 18.0 Å². The van der Waals surface area contributed by atoms with E-state index in [4.69, 9.17) is 0 Å². The van der Waals surface area contributed by atoms with Crippen molar-refractivity contribution in [1.82, 2.24) is 24.9 Å². The molecule has 120 valence electrons. The fourth-order valence-electron chi connectivity index (χ4n) is 3.22. The first-order valence-corrected chi connectivity index (χ1v) is 7.96. The Morgan fingerprint density at radius 1 is 1.32 bits per heavy atom. The normalized spacial score (nSPS) is 20.9. The molecule has 2 aliphatic rings. The molecule has 1 N–H and O–H groups in total. The number of nitrogens with zero attached hydrogens (tertiary/aromatic N) is 4. The van der Waals surface area contributed by atoms with Gasteiger partial charge in [-0.05, 0) is 25.3 Å². The molecule has 0 bridgehead atoms. The van der Waals surface area contributed by atoms with Crippen LogP contribution < -0.4 is 5.32 Å². The molecule has 1 aromatic heterocycles. The minimum atomic E-state index is 0.0254. The SMILES string of the molecule is CC(=O)N1Cc2ccnn2[C@H](CCNC(=O)N2CCCC2)C1. The third-order valence-corrected chi connectivity index (χ3v) is 4.47. The van der Waals surface area contributed by atoms with E-state index in [1.807, 2.05) is 20.5 Å². The van der Waals surface area contributed by atoms with Crippen molar-refractivity contribution in [2.75, 3.05) is 26.2 Å². The number of aromatic nitrogens is 2. The quantitative estimate of drug-likeness (QED) is 0.905. The third-order valence-electron chi connectivity index (χ3n) is 4.47. The lowest BCUT2D eigenvalue weighted by atomic mass is 10.1. The number of rotatable bonds is 3. The highest BCUT2D eigenvalue weighted by Gasteiger charge is 2.27. The summed E-state index contributed by atoms with van der Waals surface area (Å²) >= 11 is 0. The topological polar surface area (TPSA) is 70.5 Å². The van der Waals surface area contributed by atoms with Crippen molar-refractivity contribution in [3.63, 3.8) is 0 Å². The van der Waals surface area contributed by atoms with E-state index in [1.54, 1.807) is 13.1 Å². The maximum atomic E-state index is 12.0. The van der Waals surface area contributed by atoms with E-state index in [0.29, 0.717) is 19.6 Å². The molecule has 2 aliphatic heterocycles. The Morgan fingerprint density at radius 3 is 2.82 bits per heavy atom. The molecule has 7 heteroatoms. The number of hydrogen-bond donors (Lipinski definition) is 1. The molecular formula is C15H23N5O2. The van der Waals surface area contributed by atoms with Crippen LogP contribution in [0.25, 0.3) is 0 Å². The molecule has 3 amide bonds. The van der Waals surface area contributed by atoms with Gasteiger partial charge in [0.1, 0.15) is 0 Å². The van der Waals surface area contributed by atoms with Gasteiger partial charge in [0.15, 0.2) is 0 Å². The van der Waals surface area contributed by atoms with Gasteiger partial charge in [-0.25, -0.2) is 4.79 Å². The Labute approximate surface area is 130 Å². The van der Waals surface area contributed by atoms with Crippen LogP contribution in [0.1, 0.15) is 37.9 Å². The van der Waals surface area contributed by atoms with Gasteiger partial charge in [-0.1, -0.05) is 0 Å². The van der Waals surface area contributed by atoms with Crippen molar-refractivity contribution >= 4 is 11.9 Å². The molecule has 0 aliphatic carbocycles. The van der Waals surface area contributed by atoms with E-state index in [1.165, 1.54) is 0 Å². The molecule has 0 radical (unpaired) electrons. The smallest absolute Gasteiger partial charge is 0.317 e. The van der Waals surface area contributed by atoms with Crippen molar-refractivity contribution < 1.29 is 9.59 Å². The summed E-state index contributed by atoms with van der Waals surface area (Å²) in [6.45, 7) is 5.19. The molecular weight excluding hydrogens is 282 g/mol. The molecule has 1 fully saturated rings. The summed E-state index contributed by atoms with van der Waals surface area (Å²) in [6, 6.07) is 2.10. The third kappa shape index (κ3) is 3.08. The summed E-state index contributed by atoms with van der Waals surface area (Å²) in [5.74, 6) is 0.0820. The zero-order valence-corrected chi connectivity index (χ0v) is 13.0. The largest absolute Gasteiger partial charge is 0.338 e. The Morgan fingerprint density at radius 2 is 2.09 bits per heavy atom. The van der Waals surface area contributed by atoms with Gasteiger partial charge in [0.2, 0.25) is 5.91 Å². The minimum absolute atomic E-state index is 0.0254. The van der Waals surface area contributed by atoms with Crippen LogP contribution in [0.5, 0.6) is 0 Å². The zero-order valence-electron chi connectivity index (χ0n) is 13.0. The van der Waals surface area contributed by atoms with Crippen LogP contribution in [-0.4, -0.2) is 57.7 Å². The first-order chi connectivity index (χ1) is 10.6. The van der Waals surface area contributed by atoms with Gasteiger partial charge in [0, 0.05) is 39.3 Å². The minimum Gasteiger partial charge on any atom is -0.338 e. The van der Waals surface area contributed by atoms with Gasteiger partial charge in [0.25, 0.3) is 0 Å². The van der Waals surface area contributed by atoms with Crippen LogP contribution >= 0.6 is 0 Å². The summed E-state index contributed by atoms with van der Waals surface area (Å²) in [6.07, 6.45) is 4.74. The molecule has 3 rings (SSSR count). The van der Waals surface area contributed by atoms with Crippen LogP contribution in [0.4, 0.5) is 4.79 Å². The molecule has 0 saturated carbocycles. The fraction of sp³-hybridized carbons (Fsp3) is 0.667. The Kier molecular flexibility index (Phi) is 4.31. The van der Waals surface area contributed by atoms with Crippen molar-refractivity contribution in [1.29, 1.82) is 0 Å². The summed E-state index contributed by atoms with van der Waals surface area (Å²) in [4.78, 5) is 27.3. The Hall–Kier alpha value is -2.05. The van der Waals surface area contributed by atoms with E-state index in [9.17, 15) is 9.59 Å². The standard InChI is InChI=1S/C15H23N5O2/c1-12(21)19-10-13(20-14(11-19)5-7-17-20)4-6-16-15(22)18-8-2-3-9-18/h5,7,13H,2-4,6,8-11H2,1H3,(H,16,22)/t13-/m1/s1. The highest BCUT2D eigenvalue weighted by molar-refractivity contribution is 5.74. The predicted octanol–water partition coefficient (Wildman–Crippen LogP) is 0.982. The number of amides is 3. The van der Waals surface area contributed by atoms with Gasteiger partial charge >= 0.3 is 6.03 Å². The van der Waals surface area contributed by atoms with E-state index in [-0.39, 0.29) is 18.0 Å². The Bertz CT molecular complexity index is 550.